The van der Waals surface area contributed by atoms with Crippen molar-refractivity contribution in [2.75, 3.05) is 33.4 Å². The maximum Gasteiger partial charge on any atom is 0.175 e. The quantitative estimate of drug-likeness (QED) is 0.787. The molecule has 2 aliphatic rings. The first-order valence-corrected chi connectivity index (χ1v) is 11.6. The van der Waals surface area contributed by atoms with Crippen LogP contribution < -0.4 is 0 Å². The first-order chi connectivity index (χ1) is 13.3. The minimum Gasteiger partial charge on any atom is -0.305 e. The van der Waals surface area contributed by atoms with Crippen molar-refractivity contribution in [3.8, 4) is 0 Å². The molecule has 1 aliphatic heterocycles. The van der Waals surface area contributed by atoms with E-state index < -0.39 is 9.84 Å². The fraction of sp³-hybridized carbons (Fsp3) is 0.455. The molecule has 1 heterocycles. The van der Waals surface area contributed by atoms with Gasteiger partial charge in [-0.15, -0.1) is 0 Å². The van der Waals surface area contributed by atoms with Gasteiger partial charge in [-0.25, -0.2) is 12.8 Å². The van der Waals surface area contributed by atoms with Gasteiger partial charge >= 0.3 is 0 Å². The number of fused-ring (bicyclic) bond motifs is 1. The maximum absolute atomic E-state index is 14.5. The smallest absolute Gasteiger partial charge is 0.175 e. The van der Waals surface area contributed by atoms with E-state index in [-0.39, 0.29) is 17.8 Å². The zero-order chi connectivity index (χ0) is 20.1. The summed E-state index contributed by atoms with van der Waals surface area (Å²) in [6.07, 6.45) is 3.11. The number of likely N-dealkylation sites (tertiary alicyclic amines) is 1. The van der Waals surface area contributed by atoms with Crippen LogP contribution >= 0.6 is 0 Å². The van der Waals surface area contributed by atoms with Crippen LogP contribution in [0.2, 0.25) is 0 Å². The first-order valence-electron chi connectivity index (χ1n) is 9.73. The highest BCUT2D eigenvalue weighted by Crippen LogP contribution is 2.42. The summed E-state index contributed by atoms with van der Waals surface area (Å²) in [5.41, 5.74) is 3.14. The van der Waals surface area contributed by atoms with E-state index in [4.69, 9.17) is 0 Å². The van der Waals surface area contributed by atoms with Gasteiger partial charge in [0, 0.05) is 42.9 Å². The van der Waals surface area contributed by atoms with E-state index in [0.29, 0.717) is 10.9 Å². The van der Waals surface area contributed by atoms with E-state index in [1.807, 2.05) is 18.2 Å². The van der Waals surface area contributed by atoms with Gasteiger partial charge in [-0.05, 0) is 56.3 Å². The summed E-state index contributed by atoms with van der Waals surface area (Å²) in [6.45, 7) is 1.73. The predicted octanol–water partition coefficient (Wildman–Crippen LogP) is 3.25. The Hall–Kier alpha value is -1.76. The third kappa shape index (κ3) is 3.49. The molecule has 0 N–H and O–H groups in total. The van der Waals surface area contributed by atoms with E-state index in [9.17, 15) is 12.8 Å². The first kappa shape index (κ1) is 19.6. The third-order valence-electron chi connectivity index (χ3n) is 6.32. The summed E-state index contributed by atoms with van der Waals surface area (Å²) >= 11 is 0. The van der Waals surface area contributed by atoms with Crippen LogP contribution in [0, 0.1) is 5.82 Å². The molecule has 28 heavy (non-hydrogen) atoms. The van der Waals surface area contributed by atoms with E-state index >= 15 is 0 Å². The minimum absolute atomic E-state index is 0.0950. The number of benzene rings is 2. The molecule has 0 saturated carbocycles. The lowest BCUT2D eigenvalue weighted by atomic mass is 9.94. The van der Waals surface area contributed by atoms with Crippen LogP contribution in [-0.2, 0) is 16.3 Å². The molecular formula is C22H27FN2O2S. The topological polar surface area (TPSA) is 40.6 Å². The summed E-state index contributed by atoms with van der Waals surface area (Å²) in [5, 5.41) is 0. The highest BCUT2D eigenvalue weighted by molar-refractivity contribution is 7.90. The maximum atomic E-state index is 14.5. The van der Waals surface area contributed by atoms with Gasteiger partial charge in [-0.1, -0.05) is 24.3 Å². The average molecular weight is 403 g/mol. The molecule has 3 atom stereocenters. The number of hydrogen-bond acceptors (Lipinski definition) is 4. The second-order valence-corrected chi connectivity index (χ2v) is 10.3. The van der Waals surface area contributed by atoms with Gasteiger partial charge in [0.25, 0.3) is 0 Å². The fourth-order valence-electron chi connectivity index (χ4n) is 4.86. The lowest BCUT2D eigenvalue weighted by molar-refractivity contribution is 0.213. The Balaban J connectivity index is 1.62. The van der Waals surface area contributed by atoms with Crippen molar-refractivity contribution in [1.29, 1.82) is 0 Å². The van der Waals surface area contributed by atoms with Crippen molar-refractivity contribution in [3.05, 3.63) is 65.0 Å². The molecule has 4 rings (SSSR count). The van der Waals surface area contributed by atoms with Gasteiger partial charge in [0.05, 0.1) is 4.90 Å². The van der Waals surface area contributed by atoms with Crippen molar-refractivity contribution < 1.29 is 12.8 Å². The van der Waals surface area contributed by atoms with Crippen LogP contribution in [0.25, 0.3) is 0 Å². The lowest BCUT2D eigenvalue weighted by Crippen LogP contribution is -2.35. The zero-order valence-corrected chi connectivity index (χ0v) is 17.4. The SMILES string of the molecule is CN(C)[C@H]1CN([C@@H]2CCc3cccc(F)c32)C[C@@H]1c1ccc(S(C)(=O)=O)cc1. The Morgan fingerprint density at radius 1 is 1.07 bits per heavy atom. The van der Waals surface area contributed by atoms with Gasteiger partial charge < -0.3 is 4.90 Å². The Labute approximate surface area is 166 Å². The van der Waals surface area contributed by atoms with Crippen LogP contribution in [0.5, 0.6) is 0 Å². The molecule has 1 saturated heterocycles. The van der Waals surface area contributed by atoms with Crippen LogP contribution in [-0.4, -0.2) is 57.7 Å². The molecule has 0 amide bonds. The molecule has 2 aromatic rings. The summed E-state index contributed by atoms with van der Waals surface area (Å²) < 4.78 is 38.1. The molecule has 0 bridgehead atoms. The molecule has 0 radical (unpaired) electrons. The van der Waals surface area contributed by atoms with Gasteiger partial charge in [-0.3, -0.25) is 4.90 Å². The third-order valence-corrected chi connectivity index (χ3v) is 7.45. The number of aryl methyl sites for hydroxylation is 1. The Morgan fingerprint density at radius 3 is 2.43 bits per heavy atom. The van der Waals surface area contributed by atoms with Crippen molar-refractivity contribution in [3.63, 3.8) is 0 Å². The van der Waals surface area contributed by atoms with Crippen LogP contribution in [0.3, 0.4) is 0 Å². The second kappa shape index (κ2) is 7.25. The van der Waals surface area contributed by atoms with Gasteiger partial charge in [0.1, 0.15) is 5.82 Å². The molecule has 2 aromatic carbocycles. The van der Waals surface area contributed by atoms with Crippen LogP contribution in [0.15, 0.2) is 47.4 Å². The number of likely N-dealkylation sites (N-methyl/N-ethyl adjacent to an activating group) is 1. The average Bonchev–Trinajstić information content (AvgIpc) is 3.26. The summed E-state index contributed by atoms with van der Waals surface area (Å²) in [5.74, 6) is 0.168. The Morgan fingerprint density at radius 2 is 1.79 bits per heavy atom. The summed E-state index contributed by atoms with van der Waals surface area (Å²) in [4.78, 5) is 4.99. The number of halogens is 1. The number of rotatable bonds is 4. The number of nitrogens with zero attached hydrogens (tertiary/aromatic N) is 2. The van der Waals surface area contributed by atoms with Gasteiger partial charge in [0.2, 0.25) is 0 Å². The Bertz CT molecular complexity index is 973. The Kier molecular flexibility index (Phi) is 5.06. The fourth-order valence-corrected chi connectivity index (χ4v) is 5.49. The second-order valence-electron chi connectivity index (χ2n) is 8.30. The molecule has 6 heteroatoms. The molecule has 4 nitrogen and oxygen atoms in total. The molecule has 0 aromatic heterocycles. The summed E-state index contributed by atoms with van der Waals surface area (Å²) in [7, 11) is 0.960. The van der Waals surface area contributed by atoms with Crippen molar-refractivity contribution in [2.45, 2.75) is 35.7 Å². The van der Waals surface area contributed by atoms with Crippen molar-refractivity contribution in [2.24, 2.45) is 0 Å². The zero-order valence-electron chi connectivity index (χ0n) is 16.6. The van der Waals surface area contributed by atoms with E-state index in [1.54, 1.807) is 24.3 Å². The molecule has 0 spiro atoms. The number of sulfone groups is 1. The molecule has 1 fully saturated rings. The van der Waals surface area contributed by atoms with Gasteiger partial charge in [-0.2, -0.15) is 0 Å². The molecule has 150 valence electrons. The van der Waals surface area contributed by atoms with Crippen LogP contribution in [0.1, 0.15) is 35.1 Å². The van der Waals surface area contributed by atoms with Crippen molar-refractivity contribution in [1.82, 2.24) is 9.80 Å². The largest absolute Gasteiger partial charge is 0.305 e. The van der Waals surface area contributed by atoms with E-state index in [0.717, 1.165) is 42.6 Å². The standard InChI is InChI=1S/C22H27FN2O2S/c1-24(2)21-14-25(20-12-9-16-5-4-6-19(23)22(16)20)13-18(21)15-7-10-17(11-8-15)28(3,26)27/h4-8,10-11,18,20-21H,9,12-14H2,1-3H3/t18-,20-,21+/m1/s1. The molecular weight excluding hydrogens is 375 g/mol. The number of hydrogen-bond donors (Lipinski definition) is 0. The van der Waals surface area contributed by atoms with Crippen molar-refractivity contribution >= 4 is 9.84 Å². The highest BCUT2D eigenvalue weighted by atomic mass is 32.2. The summed E-state index contributed by atoms with van der Waals surface area (Å²) in [6, 6.07) is 13.1. The lowest BCUT2D eigenvalue weighted by Gasteiger charge is -2.26. The van der Waals surface area contributed by atoms with E-state index in [2.05, 4.69) is 23.9 Å². The monoisotopic (exact) mass is 402 g/mol. The predicted molar refractivity (Wildman–Crippen MR) is 109 cm³/mol. The normalized spacial score (nSPS) is 25.4. The van der Waals surface area contributed by atoms with Crippen LogP contribution in [0.4, 0.5) is 4.39 Å². The minimum atomic E-state index is -3.20. The highest BCUT2D eigenvalue weighted by Gasteiger charge is 2.41. The van der Waals surface area contributed by atoms with E-state index in [1.165, 1.54) is 6.26 Å². The molecule has 1 aliphatic carbocycles. The van der Waals surface area contributed by atoms with Gasteiger partial charge in [0.15, 0.2) is 9.84 Å². The molecule has 0 unspecified atom stereocenters.